The molecule has 0 atom stereocenters. The quantitative estimate of drug-likeness (QED) is 0.289. The van der Waals surface area contributed by atoms with Crippen molar-refractivity contribution >= 4 is 0 Å². The van der Waals surface area contributed by atoms with Crippen molar-refractivity contribution in [2.75, 3.05) is 6.61 Å². The summed E-state index contributed by atoms with van der Waals surface area (Å²) in [5.41, 5.74) is 0.560. The number of hydrogen-bond donors (Lipinski definition) is 0. The van der Waals surface area contributed by atoms with E-state index in [2.05, 4.69) is 13.8 Å². The molecule has 2 saturated carbocycles. The summed E-state index contributed by atoms with van der Waals surface area (Å²) < 4.78 is 34.6. The third kappa shape index (κ3) is 7.45. The van der Waals surface area contributed by atoms with Gasteiger partial charge in [-0.2, -0.15) is 4.39 Å². The first kappa shape index (κ1) is 25.5. The van der Waals surface area contributed by atoms with Gasteiger partial charge in [-0.3, -0.25) is 0 Å². The van der Waals surface area contributed by atoms with Gasteiger partial charge < -0.3 is 4.74 Å². The summed E-state index contributed by atoms with van der Waals surface area (Å²) in [7, 11) is 0. The monoisotopic (exact) mass is 448 g/mol. The first-order valence-electron chi connectivity index (χ1n) is 13.7. The van der Waals surface area contributed by atoms with Crippen molar-refractivity contribution in [2.24, 2.45) is 17.8 Å². The van der Waals surface area contributed by atoms with Crippen molar-refractivity contribution < 1.29 is 13.5 Å². The predicted octanol–water partition coefficient (Wildman–Crippen LogP) is 9.58. The van der Waals surface area contributed by atoms with E-state index in [9.17, 15) is 8.78 Å². The third-order valence-electron chi connectivity index (χ3n) is 8.28. The molecule has 2 fully saturated rings. The average molecular weight is 449 g/mol. The van der Waals surface area contributed by atoms with Crippen LogP contribution in [0.3, 0.4) is 0 Å². The largest absolute Gasteiger partial charge is 0.490 e. The molecule has 0 saturated heterocycles. The molecule has 0 amide bonds. The molecule has 3 heteroatoms. The van der Waals surface area contributed by atoms with Gasteiger partial charge in [0.1, 0.15) is 0 Å². The van der Waals surface area contributed by atoms with Crippen LogP contribution in [0.25, 0.3) is 0 Å². The number of benzene rings is 1. The minimum absolute atomic E-state index is 0.0634. The van der Waals surface area contributed by atoms with Crippen molar-refractivity contribution in [1.82, 2.24) is 0 Å². The number of unbranched alkanes of at least 4 members (excludes halogenated alkanes) is 3. The minimum Gasteiger partial charge on any atom is -0.490 e. The highest BCUT2D eigenvalue weighted by atomic mass is 19.2. The van der Waals surface area contributed by atoms with Gasteiger partial charge in [0, 0.05) is 0 Å². The van der Waals surface area contributed by atoms with Crippen LogP contribution in [0, 0.1) is 29.4 Å². The molecule has 32 heavy (non-hydrogen) atoms. The Morgan fingerprint density at radius 1 is 0.688 bits per heavy atom. The molecule has 2 aliphatic carbocycles. The summed E-state index contributed by atoms with van der Waals surface area (Å²) in [6.45, 7) is 4.79. The van der Waals surface area contributed by atoms with Gasteiger partial charge in [0.2, 0.25) is 5.82 Å². The molecule has 0 spiro atoms. The van der Waals surface area contributed by atoms with Gasteiger partial charge in [-0.1, -0.05) is 90.5 Å². The molecule has 0 heterocycles. The molecule has 0 N–H and O–H groups in total. The Morgan fingerprint density at radius 3 is 1.84 bits per heavy atom. The Kier molecular flexibility index (Phi) is 10.8. The van der Waals surface area contributed by atoms with E-state index >= 15 is 0 Å². The second-order valence-corrected chi connectivity index (χ2v) is 10.7. The molecule has 0 aromatic heterocycles. The summed E-state index contributed by atoms with van der Waals surface area (Å²) in [5, 5.41) is 0. The summed E-state index contributed by atoms with van der Waals surface area (Å²) >= 11 is 0. The number of rotatable bonds is 12. The van der Waals surface area contributed by atoms with Crippen LogP contribution in [0.2, 0.25) is 0 Å². The van der Waals surface area contributed by atoms with E-state index in [4.69, 9.17) is 4.74 Å². The normalized spacial score (nSPS) is 26.2. The van der Waals surface area contributed by atoms with E-state index in [1.165, 1.54) is 64.2 Å². The van der Waals surface area contributed by atoms with Gasteiger partial charge in [-0.25, -0.2) is 4.39 Å². The molecule has 0 radical (unpaired) electrons. The van der Waals surface area contributed by atoms with Crippen LogP contribution in [0.4, 0.5) is 8.78 Å². The molecule has 0 aliphatic heterocycles. The van der Waals surface area contributed by atoms with Crippen LogP contribution < -0.4 is 4.74 Å². The van der Waals surface area contributed by atoms with E-state index in [0.717, 1.165) is 56.3 Å². The molecule has 1 aromatic carbocycles. The predicted molar refractivity (Wildman–Crippen MR) is 130 cm³/mol. The van der Waals surface area contributed by atoms with Gasteiger partial charge >= 0.3 is 0 Å². The van der Waals surface area contributed by atoms with Gasteiger partial charge in [0.25, 0.3) is 0 Å². The Hall–Kier alpha value is -1.12. The lowest BCUT2D eigenvalue weighted by molar-refractivity contribution is 0.221. The molecule has 1 nitrogen and oxygen atoms in total. The number of hydrogen-bond acceptors (Lipinski definition) is 1. The Morgan fingerprint density at radius 2 is 1.25 bits per heavy atom. The molecule has 0 unspecified atom stereocenters. The van der Waals surface area contributed by atoms with Crippen molar-refractivity contribution in [3.63, 3.8) is 0 Å². The zero-order valence-corrected chi connectivity index (χ0v) is 20.6. The van der Waals surface area contributed by atoms with E-state index in [1.807, 2.05) is 0 Å². The van der Waals surface area contributed by atoms with Crippen LogP contribution >= 0.6 is 0 Å². The van der Waals surface area contributed by atoms with Crippen LogP contribution in [-0.2, 0) is 0 Å². The molecule has 3 rings (SSSR count). The number of ether oxygens (including phenoxy) is 1. The van der Waals surface area contributed by atoms with Crippen LogP contribution in [-0.4, -0.2) is 6.61 Å². The van der Waals surface area contributed by atoms with E-state index in [0.29, 0.717) is 12.2 Å². The highest BCUT2D eigenvalue weighted by Gasteiger charge is 2.28. The Bertz CT molecular complexity index is 657. The zero-order valence-electron chi connectivity index (χ0n) is 20.6. The Labute approximate surface area is 195 Å². The van der Waals surface area contributed by atoms with Crippen molar-refractivity contribution in [1.29, 1.82) is 0 Å². The fourth-order valence-corrected chi connectivity index (χ4v) is 6.03. The summed E-state index contributed by atoms with van der Waals surface area (Å²) in [6, 6.07) is 3.40. The van der Waals surface area contributed by atoms with Crippen molar-refractivity contribution in [3.8, 4) is 5.75 Å². The first-order valence-corrected chi connectivity index (χ1v) is 13.7. The molecular weight excluding hydrogens is 402 g/mol. The average Bonchev–Trinajstić information content (AvgIpc) is 2.82. The molecule has 182 valence electrons. The fraction of sp³-hybridized carbons (Fsp3) is 0.793. The Balaban J connectivity index is 1.38. The maximum absolute atomic E-state index is 14.7. The molecule has 2 aliphatic rings. The fourth-order valence-electron chi connectivity index (χ4n) is 6.03. The topological polar surface area (TPSA) is 9.23 Å². The highest BCUT2D eigenvalue weighted by molar-refractivity contribution is 5.33. The maximum atomic E-state index is 14.7. The van der Waals surface area contributed by atoms with Crippen molar-refractivity contribution in [3.05, 3.63) is 29.3 Å². The molecule has 1 aromatic rings. The van der Waals surface area contributed by atoms with Crippen LogP contribution in [0.5, 0.6) is 5.75 Å². The van der Waals surface area contributed by atoms with E-state index in [-0.39, 0.29) is 11.7 Å². The van der Waals surface area contributed by atoms with Crippen LogP contribution in [0.15, 0.2) is 12.1 Å². The lowest BCUT2D eigenvalue weighted by atomic mass is 9.74. The lowest BCUT2D eigenvalue weighted by Crippen LogP contribution is -2.18. The van der Waals surface area contributed by atoms with E-state index < -0.39 is 11.6 Å². The van der Waals surface area contributed by atoms with E-state index in [1.54, 1.807) is 12.1 Å². The lowest BCUT2D eigenvalue weighted by Gasteiger charge is -2.32. The van der Waals surface area contributed by atoms with Gasteiger partial charge in [0.15, 0.2) is 11.6 Å². The first-order chi connectivity index (χ1) is 15.6. The SMILES string of the molecule is CCCCCC1CCC(CCC2CCC(c3ccc(OCCCC)c(F)c3F)CC2)CC1. The standard InChI is InChI=1S/C29H46F2O/c1-3-5-7-8-22-9-11-23(12-10-22)13-14-24-15-17-25(18-16-24)26-19-20-27(29(31)28(26)30)32-21-6-4-2/h19-20,22-25H,3-18,21H2,1-2H3. The minimum atomic E-state index is -0.800. The second-order valence-electron chi connectivity index (χ2n) is 10.7. The van der Waals surface area contributed by atoms with Crippen molar-refractivity contribution in [2.45, 2.75) is 122 Å². The summed E-state index contributed by atoms with van der Waals surface area (Å²) in [5.74, 6) is 1.44. The van der Waals surface area contributed by atoms with Gasteiger partial charge in [-0.15, -0.1) is 0 Å². The maximum Gasteiger partial charge on any atom is 0.200 e. The molecular formula is C29H46F2O. The highest BCUT2D eigenvalue weighted by Crippen LogP contribution is 2.41. The third-order valence-corrected chi connectivity index (χ3v) is 8.28. The summed E-state index contributed by atoms with van der Waals surface area (Å²) in [4.78, 5) is 0. The number of halogens is 2. The van der Waals surface area contributed by atoms with Gasteiger partial charge in [-0.05, 0) is 67.4 Å². The smallest absolute Gasteiger partial charge is 0.200 e. The van der Waals surface area contributed by atoms with Gasteiger partial charge in [0.05, 0.1) is 6.61 Å². The summed E-state index contributed by atoms with van der Waals surface area (Å²) in [6.07, 6.45) is 20.2. The zero-order chi connectivity index (χ0) is 22.8. The molecule has 0 bridgehead atoms. The van der Waals surface area contributed by atoms with Crippen LogP contribution in [0.1, 0.15) is 128 Å². The second kappa shape index (κ2) is 13.6.